The third-order valence-electron chi connectivity index (χ3n) is 5.59. The van der Waals surface area contributed by atoms with E-state index in [1.165, 1.54) is 64.5 Å². The first-order valence-electron chi connectivity index (χ1n) is 9.19. The molecule has 1 N–H and O–H groups in total. The second-order valence-electron chi connectivity index (χ2n) is 7.30. The van der Waals surface area contributed by atoms with Gasteiger partial charge in [0, 0.05) is 38.8 Å². The lowest BCUT2D eigenvalue weighted by Crippen LogP contribution is -2.47. The quantitative estimate of drug-likeness (QED) is 0.632. The number of hydrogen-bond donors (Lipinski definition) is 1. The number of rotatable bonds is 11. The Morgan fingerprint density at radius 3 is 2.38 bits per heavy atom. The van der Waals surface area contributed by atoms with Crippen LogP contribution in [0.2, 0.25) is 0 Å². The standard InChI is InChI=1S/C18H36N2O/c1-4-17(5-2)20(12-13-21-3)15-18(10-6-7-11-18)14-19-16-8-9-16/h16-17,19H,4-15H2,1-3H3. The lowest BCUT2D eigenvalue weighted by Gasteiger charge is -2.39. The van der Waals surface area contributed by atoms with Gasteiger partial charge in [-0.05, 0) is 43.9 Å². The van der Waals surface area contributed by atoms with Crippen LogP contribution < -0.4 is 5.32 Å². The summed E-state index contributed by atoms with van der Waals surface area (Å²) in [7, 11) is 1.82. The van der Waals surface area contributed by atoms with Crippen molar-refractivity contribution in [3.05, 3.63) is 0 Å². The summed E-state index contributed by atoms with van der Waals surface area (Å²) in [5.41, 5.74) is 0.527. The molecule has 2 saturated carbocycles. The van der Waals surface area contributed by atoms with Crippen molar-refractivity contribution in [2.24, 2.45) is 5.41 Å². The van der Waals surface area contributed by atoms with Gasteiger partial charge < -0.3 is 10.1 Å². The molecule has 0 aliphatic heterocycles. The van der Waals surface area contributed by atoms with Crippen molar-refractivity contribution in [3.63, 3.8) is 0 Å². The fourth-order valence-corrected chi connectivity index (χ4v) is 4.00. The molecule has 0 unspecified atom stereocenters. The van der Waals surface area contributed by atoms with E-state index in [4.69, 9.17) is 4.74 Å². The second-order valence-corrected chi connectivity index (χ2v) is 7.30. The van der Waals surface area contributed by atoms with E-state index in [0.717, 1.165) is 25.2 Å². The highest BCUT2D eigenvalue weighted by Crippen LogP contribution is 2.39. The SMILES string of the molecule is CCC(CC)N(CCOC)CC1(CNC2CC2)CCCC1. The maximum atomic E-state index is 5.36. The lowest BCUT2D eigenvalue weighted by molar-refractivity contribution is 0.0708. The molecule has 3 nitrogen and oxygen atoms in total. The van der Waals surface area contributed by atoms with Crippen LogP contribution >= 0.6 is 0 Å². The van der Waals surface area contributed by atoms with Gasteiger partial charge in [0.1, 0.15) is 0 Å². The molecule has 0 amide bonds. The van der Waals surface area contributed by atoms with Crippen LogP contribution in [0.25, 0.3) is 0 Å². The van der Waals surface area contributed by atoms with Gasteiger partial charge in [0.15, 0.2) is 0 Å². The van der Waals surface area contributed by atoms with Crippen LogP contribution in [0.5, 0.6) is 0 Å². The van der Waals surface area contributed by atoms with Crippen molar-refractivity contribution >= 4 is 0 Å². The molecule has 3 heteroatoms. The third-order valence-corrected chi connectivity index (χ3v) is 5.59. The van der Waals surface area contributed by atoms with Gasteiger partial charge in [-0.1, -0.05) is 26.7 Å². The van der Waals surface area contributed by atoms with E-state index in [1.54, 1.807) is 0 Å². The molecular formula is C18H36N2O. The molecule has 0 radical (unpaired) electrons. The van der Waals surface area contributed by atoms with Crippen LogP contribution in [-0.2, 0) is 4.74 Å². The number of methoxy groups -OCH3 is 1. The highest BCUT2D eigenvalue weighted by molar-refractivity contribution is 4.93. The van der Waals surface area contributed by atoms with E-state index in [1.807, 2.05) is 7.11 Å². The summed E-state index contributed by atoms with van der Waals surface area (Å²) in [4.78, 5) is 2.73. The molecule has 0 saturated heterocycles. The summed E-state index contributed by atoms with van der Waals surface area (Å²) in [6, 6.07) is 1.56. The molecular weight excluding hydrogens is 260 g/mol. The molecule has 21 heavy (non-hydrogen) atoms. The first kappa shape index (κ1) is 17.2. The van der Waals surface area contributed by atoms with E-state index in [9.17, 15) is 0 Å². The highest BCUT2D eigenvalue weighted by Gasteiger charge is 2.37. The van der Waals surface area contributed by atoms with Crippen molar-refractivity contribution in [1.29, 1.82) is 0 Å². The highest BCUT2D eigenvalue weighted by atomic mass is 16.5. The largest absolute Gasteiger partial charge is 0.383 e. The van der Waals surface area contributed by atoms with Crippen LogP contribution in [0.3, 0.4) is 0 Å². The number of nitrogens with one attached hydrogen (secondary N) is 1. The van der Waals surface area contributed by atoms with Crippen LogP contribution in [0.4, 0.5) is 0 Å². The van der Waals surface area contributed by atoms with Gasteiger partial charge in [0.05, 0.1) is 6.61 Å². The van der Waals surface area contributed by atoms with Gasteiger partial charge >= 0.3 is 0 Å². The molecule has 124 valence electrons. The summed E-state index contributed by atoms with van der Waals surface area (Å²) in [6.45, 7) is 9.12. The minimum Gasteiger partial charge on any atom is -0.383 e. The van der Waals surface area contributed by atoms with Gasteiger partial charge in [0.2, 0.25) is 0 Å². The summed E-state index contributed by atoms with van der Waals surface area (Å²) >= 11 is 0. The number of nitrogens with zero attached hydrogens (tertiary/aromatic N) is 1. The van der Waals surface area contributed by atoms with Crippen molar-refractivity contribution in [1.82, 2.24) is 10.2 Å². The Hall–Kier alpha value is -0.120. The maximum Gasteiger partial charge on any atom is 0.0589 e. The monoisotopic (exact) mass is 296 g/mol. The Morgan fingerprint density at radius 1 is 1.19 bits per heavy atom. The second kappa shape index (κ2) is 8.50. The maximum absolute atomic E-state index is 5.36. The Labute approximate surface area is 131 Å². The van der Waals surface area contributed by atoms with Crippen LogP contribution in [0, 0.1) is 5.41 Å². The molecule has 2 aliphatic rings. The van der Waals surface area contributed by atoms with Gasteiger partial charge in [-0.15, -0.1) is 0 Å². The van der Waals surface area contributed by atoms with Crippen LogP contribution in [0.1, 0.15) is 65.2 Å². The van der Waals surface area contributed by atoms with Gasteiger partial charge in [-0.2, -0.15) is 0 Å². The number of hydrogen-bond acceptors (Lipinski definition) is 3. The Kier molecular flexibility index (Phi) is 6.97. The minimum atomic E-state index is 0.527. The van der Waals surface area contributed by atoms with Crippen molar-refractivity contribution in [2.45, 2.75) is 77.3 Å². The van der Waals surface area contributed by atoms with Gasteiger partial charge in [-0.25, -0.2) is 0 Å². The minimum absolute atomic E-state index is 0.527. The van der Waals surface area contributed by atoms with Crippen LogP contribution in [0.15, 0.2) is 0 Å². The predicted molar refractivity (Wildman–Crippen MR) is 89.7 cm³/mol. The summed E-state index contributed by atoms with van der Waals surface area (Å²) in [5.74, 6) is 0. The van der Waals surface area contributed by atoms with Crippen molar-refractivity contribution < 1.29 is 4.74 Å². The summed E-state index contributed by atoms with van der Waals surface area (Å²) in [5, 5.41) is 3.82. The smallest absolute Gasteiger partial charge is 0.0589 e. The molecule has 0 aromatic carbocycles. The molecule has 0 spiro atoms. The van der Waals surface area contributed by atoms with E-state index in [-0.39, 0.29) is 0 Å². The molecule has 2 rings (SSSR count). The zero-order chi connectivity index (χ0) is 15.1. The Balaban J connectivity index is 1.95. The fraction of sp³-hybridized carbons (Fsp3) is 1.00. The van der Waals surface area contributed by atoms with E-state index in [0.29, 0.717) is 5.41 Å². The van der Waals surface area contributed by atoms with E-state index in [2.05, 4.69) is 24.1 Å². The zero-order valence-electron chi connectivity index (χ0n) is 14.5. The molecule has 2 aliphatic carbocycles. The first-order valence-corrected chi connectivity index (χ1v) is 9.19. The molecule has 0 aromatic rings. The molecule has 0 bridgehead atoms. The van der Waals surface area contributed by atoms with E-state index >= 15 is 0 Å². The zero-order valence-corrected chi connectivity index (χ0v) is 14.5. The molecule has 0 atom stereocenters. The normalized spacial score (nSPS) is 21.6. The third kappa shape index (κ3) is 5.22. The topological polar surface area (TPSA) is 24.5 Å². The van der Waals surface area contributed by atoms with Crippen molar-refractivity contribution in [2.75, 3.05) is 33.4 Å². The molecule has 0 heterocycles. The van der Waals surface area contributed by atoms with Gasteiger partial charge in [-0.3, -0.25) is 4.90 Å². The average Bonchev–Trinajstić information content (AvgIpc) is 3.23. The summed E-state index contributed by atoms with van der Waals surface area (Å²) in [6.07, 6.45) is 11.0. The predicted octanol–water partition coefficient (Wildman–Crippen LogP) is 3.44. The molecule has 0 aromatic heterocycles. The van der Waals surface area contributed by atoms with E-state index < -0.39 is 0 Å². The van der Waals surface area contributed by atoms with Crippen molar-refractivity contribution in [3.8, 4) is 0 Å². The fourth-order valence-electron chi connectivity index (χ4n) is 4.00. The Bertz CT molecular complexity index is 281. The Morgan fingerprint density at radius 2 is 1.86 bits per heavy atom. The summed E-state index contributed by atoms with van der Waals surface area (Å²) < 4.78 is 5.36. The molecule has 2 fully saturated rings. The lowest BCUT2D eigenvalue weighted by atomic mass is 9.84. The first-order chi connectivity index (χ1) is 10.2. The van der Waals surface area contributed by atoms with Gasteiger partial charge in [0.25, 0.3) is 0 Å². The average molecular weight is 296 g/mol. The number of ether oxygens (including phenoxy) is 1. The van der Waals surface area contributed by atoms with Crippen LogP contribution in [-0.4, -0.2) is 50.3 Å².